The van der Waals surface area contributed by atoms with Gasteiger partial charge in [0, 0.05) is 11.3 Å². The molecule has 278 valence electrons. The fraction of sp³-hybridized carbons (Fsp3) is 0.0351. The summed E-state index contributed by atoms with van der Waals surface area (Å²) in [4.78, 5) is 5.14. The average molecular weight is 753 g/mol. The van der Waals surface area contributed by atoms with Crippen LogP contribution in [0.1, 0.15) is 18.4 Å². The number of fused-ring (bicyclic) bond motifs is 3. The van der Waals surface area contributed by atoms with Crippen molar-refractivity contribution in [2.45, 2.75) is 12.8 Å². The van der Waals surface area contributed by atoms with E-state index < -0.39 is 0 Å². The fourth-order valence-electron chi connectivity index (χ4n) is 9.19. The van der Waals surface area contributed by atoms with Crippen LogP contribution in [0.2, 0.25) is 0 Å². The predicted octanol–water partition coefficient (Wildman–Crippen LogP) is 15.4. The summed E-state index contributed by atoms with van der Waals surface area (Å²) in [7, 11) is 0. The molecule has 0 spiro atoms. The number of para-hydroxylation sites is 3. The van der Waals surface area contributed by atoms with E-state index in [0.717, 1.165) is 46.5 Å². The highest BCUT2D eigenvalue weighted by atomic mass is 15.1. The van der Waals surface area contributed by atoms with Gasteiger partial charge in [-0.25, -0.2) is 4.98 Å². The largest absolute Gasteiger partial charge is 0.292 e. The molecule has 59 heavy (non-hydrogen) atoms. The van der Waals surface area contributed by atoms with Crippen LogP contribution in [-0.4, -0.2) is 9.55 Å². The van der Waals surface area contributed by atoms with Gasteiger partial charge >= 0.3 is 0 Å². The van der Waals surface area contributed by atoms with E-state index in [0.29, 0.717) is 0 Å². The Bertz CT molecular complexity index is 3240. The van der Waals surface area contributed by atoms with Gasteiger partial charge in [-0.05, 0) is 120 Å². The molecule has 0 radical (unpaired) electrons. The van der Waals surface area contributed by atoms with Crippen molar-refractivity contribution in [2.24, 2.45) is 0 Å². The Hall–Kier alpha value is -7.55. The summed E-state index contributed by atoms with van der Waals surface area (Å²) in [5, 5.41) is 4.99. The van der Waals surface area contributed by atoms with E-state index in [1.165, 1.54) is 71.6 Å². The van der Waals surface area contributed by atoms with E-state index in [9.17, 15) is 0 Å². The maximum atomic E-state index is 5.14. The number of benzene rings is 9. The molecule has 0 N–H and O–H groups in total. The monoisotopic (exact) mass is 752 g/mol. The highest BCUT2D eigenvalue weighted by molar-refractivity contribution is 6.23. The number of allylic oxidation sites excluding steroid dienone is 4. The number of aromatic nitrogens is 2. The predicted molar refractivity (Wildman–Crippen MR) is 250 cm³/mol. The van der Waals surface area contributed by atoms with Gasteiger partial charge in [-0.3, -0.25) is 4.57 Å². The second-order valence-electron chi connectivity index (χ2n) is 15.3. The Morgan fingerprint density at radius 2 is 0.966 bits per heavy atom. The zero-order chi connectivity index (χ0) is 39.1. The molecule has 0 saturated heterocycles. The van der Waals surface area contributed by atoms with E-state index in [1.807, 2.05) is 0 Å². The van der Waals surface area contributed by atoms with Gasteiger partial charge in [0.15, 0.2) is 0 Å². The first-order valence-corrected chi connectivity index (χ1v) is 20.5. The van der Waals surface area contributed by atoms with Gasteiger partial charge < -0.3 is 0 Å². The van der Waals surface area contributed by atoms with Gasteiger partial charge in [-0.15, -0.1) is 0 Å². The molecule has 9 aromatic carbocycles. The molecule has 0 atom stereocenters. The maximum Gasteiger partial charge on any atom is 0.145 e. The lowest BCUT2D eigenvalue weighted by Gasteiger charge is -2.22. The molecule has 0 amide bonds. The molecule has 2 nitrogen and oxygen atoms in total. The minimum Gasteiger partial charge on any atom is -0.292 e. The number of hydrogen-bond acceptors (Lipinski definition) is 1. The van der Waals surface area contributed by atoms with Gasteiger partial charge in [0.1, 0.15) is 5.82 Å². The lowest BCUT2D eigenvalue weighted by atomic mass is 9.81. The van der Waals surface area contributed by atoms with Crippen LogP contribution in [0.3, 0.4) is 0 Å². The number of rotatable bonds is 7. The van der Waals surface area contributed by atoms with E-state index in [2.05, 4.69) is 223 Å². The zero-order valence-electron chi connectivity index (χ0n) is 32.6. The molecule has 11 rings (SSSR count). The van der Waals surface area contributed by atoms with Crippen molar-refractivity contribution in [3.63, 3.8) is 0 Å². The van der Waals surface area contributed by atoms with Crippen LogP contribution in [0.15, 0.2) is 218 Å². The minimum absolute atomic E-state index is 0.931. The molecule has 10 aromatic rings. The first kappa shape index (κ1) is 34.7. The Morgan fingerprint density at radius 1 is 0.407 bits per heavy atom. The molecule has 1 heterocycles. The third kappa shape index (κ3) is 6.09. The van der Waals surface area contributed by atoms with Gasteiger partial charge in [0.2, 0.25) is 0 Å². The van der Waals surface area contributed by atoms with Gasteiger partial charge in [-0.1, -0.05) is 188 Å². The van der Waals surface area contributed by atoms with Crippen molar-refractivity contribution in [1.29, 1.82) is 0 Å². The topological polar surface area (TPSA) is 17.8 Å². The molecule has 0 fully saturated rings. The standard InChI is InChI=1S/C57H40N2/c1-4-18-40(19-5-1)45-24-10-12-26-47(45)55-49-28-14-15-29-50(49)56(48-27-13-11-25-46(48)41-20-6-2-7-21-41)52-38-43(36-37-51(52)55)39-32-34-42(35-33-39)57-58-53-30-16-17-31-54(53)59(57)44-22-8-3-9-23-44/h1-4,6-18,20-38H,5,19H2. The molecule has 0 bridgehead atoms. The summed E-state index contributed by atoms with van der Waals surface area (Å²) < 4.78 is 2.26. The Balaban J connectivity index is 1.14. The van der Waals surface area contributed by atoms with Crippen molar-refractivity contribution < 1.29 is 0 Å². The average Bonchev–Trinajstić information content (AvgIpc) is 3.71. The third-order valence-electron chi connectivity index (χ3n) is 11.9. The summed E-state index contributed by atoms with van der Waals surface area (Å²) in [5.41, 5.74) is 16.7. The molecule has 0 unspecified atom stereocenters. The lowest BCUT2D eigenvalue weighted by Crippen LogP contribution is -1.97. The summed E-state index contributed by atoms with van der Waals surface area (Å²) >= 11 is 0. The van der Waals surface area contributed by atoms with Crippen LogP contribution in [0.4, 0.5) is 0 Å². The normalized spacial score (nSPS) is 12.6. The van der Waals surface area contributed by atoms with Crippen LogP contribution < -0.4 is 0 Å². The summed E-state index contributed by atoms with van der Waals surface area (Å²) in [6.07, 6.45) is 8.87. The van der Waals surface area contributed by atoms with Crippen molar-refractivity contribution in [3.8, 4) is 61.6 Å². The smallest absolute Gasteiger partial charge is 0.145 e. The molecular weight excluding hydrogens is 713 g/mol. The fourth-order valence-corrected chi connectivity index (χ4v) is 9.19. The van der Waals surface area contributed by atoms with Crippen molar-refractivity contribution >= 4 is 38.2 Å². The molecule has 1 aliphatic rings. The summed E-state index contributed by atoms with van der Waals surface area (Å²) in [5.74, 6) is 0.931. The number of imidazole rings is 1. The Kier molecular flexibility index (Phi) is 8.67. The van der Waals surface area contributed by atoms with Crippen LogP contribution in [0, 0.1) is 0 Å². The second-order valence-corrected chi connectivity index (χ2v) is 15.3. The summed E-state index contributed by atoms with van der Waals surface area (Å²) in [6.45, 7) is 0. The van der Waals surface area contributed by atoms with E-state index in [-0.39, 0.29) is 0 Å². The highest BCUT2D eigenvalue weighted by Crippen LogP contribution is 2.48. The van der Waals surface area contributed by atoms with Crippen LogP contribution in [0.5, 0.6) is 0 Å². The van der Waals surface area contributed by atoms with Gasteiger partial charge in [-0.2, -0.15) is 0 Å². The maximum absolute atomic E-state index is 5.14. The van der Waals surface area contributed by atoms with E-state index in [1.54, 1.807) is 0 Å². The van der Waals surface area contributed by atoms with E-state index in [4.69, 9.17) is 4.98 Å². The first-order valence-electron chi connectivity index (χ1n) is 20.5. The van der Waals surface area contributed by atoms with Crippen molar-refractivity contribution in [2.75, 3.05) is 0 Å². The molecule has 0 saturated carbocycles. The van der Waals surface area contributed by atoms with Crippen LogP contribution in [0.25, 0.3) is 99.7 Å². The van der Waals surface area contributed by atoms with Crippen molar-refractivity contribution in [1.82, 2.24) is 9.55 Å². The van der Waals surface area contributed by atoms with Gasteiger partial charge in [0.25, 0.3) is 0 Å². The zero-order valence-corrected chi connectivity index (χ0v) is 32.6. The highest BCUT2D eigenvalue weighted by Gasteiger charge is 2.22. The van der Waals surface area contributed by atoms with Crippen LogP contribution >= 0.6 is 0 Å². The van der Waals surface area contributed by atoms with Crippen molar-refractivity contribution in [3.05, 3.63) is 224 Å². The Labute approximate surface area is 344 Å². The molecule has 0 aliphatic heterocycles. The Morgan fingerprint density at radius 3 is 1.69 bits per heavy atom. The molecule has 1 aliphatic carbocycles. The molecule has 2 heteroatoms. The summed E-state index contributed by atoms with van der Waals surface area (Å²) in [6, 6.07) is 72.7. The van der Waals surface area contributed by atoms with Crippen LogP contribution in [-0.2, 0) is 0 Å². The first-order chi connectivity index (χ1) is 29.3. The third-order valence-corrected chi connectivity index (χ3v) is 11.9. The molecule has 1 aromatic heterocycles. The quantitative estimate of drug-likeness (QED) is 0.148. The lowest BCUT2D eigenvalue weighted by molar-refractivity contribution is 1.05. The van der Waals surface area contributed by atoms with E-state index >= 15 is 0 Å². The second kappa shape index (κ2) is 14.8. The number of hydrogen-bond donors (Lipinski definition) is 0. The van der Waals surface area contributed by atoms with Gasteiger partial charge in [0.05, 0.1) is 11.0 Å². The number of nitrogens with zero attached hydrogens (tertiary/aromatic N) is 2. The molecular formula is C57H40N2. The minimum atomic E-state index is 0.931. The SMILES string of the molecule is C1=CCCC(c2ccccc2-c2c3ccccc3c(-c3ccccc3-c3ccccc3)c3cc(-c4ccc(-c5nc6ccccc6n5-c5ccccc5)cc4)ccc23)=C1.